The van der Waals surface area contributed by atoms with Gasteiger partial charge in [0.05, 0.1) is 12.7 Å². The van der Waals surface area contributed by atoms with E-state index in [-0.39, 0.29) is 0 Å². The molecule has 3 N–H and O–H groups in total. The van der Waals surface area contributed by atoms with Crippen LogP contribution in [0.15, 0.2) is 0 Å². The highest BCUT2D eigenvalue weighted by Crippen LogP contribution is 2.29. The summed E-state index contributed by atoms with van der Waals surface area (Å²) in [6.45, 7) is 1.92. The summed E-state index contributed by atoms with van der Waals surface area (Å²) in [6.07, 6.45) is 3.88. The standard InChI is InChI=1S/C10H19NO3/c1-7(12)9(11)10(13)14-6-5-8-3-2-4-8/h7-9,12H,2-6,11H2,1H3. The third kappa shape index (κ3) is 3.27. The zero-order valence-electron chi connectivity index (χ0n) is 8.61. The summed E-state index contributed by atoms with van der Waals surface area (Å²) in [5.41, 5.74) is 5.40. The molecule has 0 aliphatic heterocycles. The smallest absolute Gasteiger partial charge is 0.325 e. The Morgan fingerprint density at radius 2 is 2.29 bits per heavy atom. The van der Waals surface area contributed by atoms with Gasteiger partial charge in [0.2, 0.25) is 0 Å². The molecule has 1 fully saturated rings. The maximum atomic E-state index is 11.2. The Morgan fingerprint density at radius 3 is 2.71 bits per heavy atom. The maximum absolute atomic E-state index is 11.2. The van der Waals surface area contributed by atoms with Gasteiger partial charge in [-0.15, -0.1) is 0 Å². The summed E-state index contributed by atoms with van der Waals surface area (Å²) in [6, 6.07) is -0.906. The van der Waals surface area contributed by atoms with E-state index in [1.54, 1.807) is 0 Å². The molecule has 0 saturated heterocycles. The second-order valence-electron chi connectivity index (χ2n) is 4.02. The molecular formula is C10H19NO3. The second kappa shape index (κ2) is 5.32. The minimum atomic E-state index is -0.906. The number of hydrogen-bond acceptors (Lipinski definition) is 4. The van der Waals surface area contributed by atoms with Crippen molar-refractivity contribution >= 4 is 5.97 Å². The van der Waals surface area contributed by atoms with Gasteiger partial charge in [0.15, 0.2) is 0 Å². The van der Waals surface area contributed by atoms with Crippen molar-refractivity contribution < 1.29 is 14.6 Å². The molecule has 1 rings (SSSR count). The summed E-state index contributed by atoms with van der Waals surface area (Å²) in [5, 5.41) is 9.03. The number of ether oxygens (including phenoxy) is 1. The number of hydrogen-bond donors (Lipinski definition) is 2. The molecule has 0 bridgehead atoms. The first-order valence-electron chi connectivity index (χ1n) is 5.21. The number of rotatable bonds is 5. The second-order valence-corrected chi connectivity index (χ2v) is 4.02. The normalized spacial score (nSPS) is 21.1. The number of carbonyl (C=O) groups is 1. The van der Waals surface area contributed by atoms with Gasteiger partial charge in [0, 0.05) is 0 Å². The van der Waals surface area contributed by atoms with Gasteiger partial charge in [-0.25, -0.2) is 0 Å². The quantitative estimate of drug-likeness (QED) is 0.633. The van der Waals surface area contributed by atoms with Crippen molar-refractivity contribution in [2.75, 3.05) is 6.61 Å². The van der Waals surface area contributed by atoms with E-state index in [0.717, 1.165) is 12.3 Å². The van der Waals surface area contributed by atoms with Crippen LogP contribution in [0.3, 0.4) is 0 Å². The van der Waals surface area contributed by atoms with E-state index in [9.17, 15) is 4.79 Å². The molecular weight excluding hydrogens is 182 g/mol. The van der Waals surface area contributed by atoms with E-state index >= 15 is 0 Å². The number of aliphatic hydroxyl groups is 1. The molecule has 2 unspecified atom stereocenters. The molecule has 0 heterocycles. The molecule has 1 aliphatic carbocycles. The van der Waals surface area contributed by atoms with Gasteiger partial charge < -0.3 is 15.6 Å². The highest BCUT2D eigenvalue weighted by Gasteiger charge is 2.22. The zero-order valence-corrected chi connectivity index (χ0v) is 8.61. The van der Waals surface area contributed by atoms with Gasteiger partial charge in [-0.05, 0) is 19.3 Å². The number of esters is 1. The largest absolute Gasteiger partial charge is 0.464 e. The highest BCUT2D eigenvalue weighted by atomic mass is 16.5. The predicted molar refractivity (Wildman–Crippen MR) is 52.6 cm³/mol. The van der Waals surface area contributed by atoms with Gasteiger partial charge in [-0.3, -0.25) is 4.79 Å². The van der Waals surface area contributed by atoms with E-state index < -0.39 is 18.1 Å². The van der Waals surface area contributed by atoms with Crippen LogP contribution in [-0.4, -0.2) is 29.8 Å². The van der Waals surface area contributed by atoms with Crippen LogP contribution in [0, 0.1) is 5.92 Å². The van der Waals surface area contributed by atoms with Crippen LogP contribution in [0.25, 0.3) is 0 Å². The monoisotopic (exact) mass is 201 g/mol. The molecule has 0 amide bonds. The Hall–Kier alpha value is -0.610. The third-order valence-corrected chi connectivity index (χ3v) is 2.79. The number of aliphatic hydroxyl groups excluding tert-OH is 1. The first-order chi connectivity index (χ1) is 6.61. The predicted octanol–water partition coefficient (Wildman–Crippen LogP) is 0.428. The average molecular weight is 201 g/mol. The van der Waals surface area contributed by atoms with E-state index in [1.165, 1.54) is 26.2 Å². The van der Waals surface area contributed by atoms with Crippen molar-refractivity contribution in [2.45, 2.75) is 44.8 Å². The third-order valence-electron chi connectivity index (χ3n) is 2.79. The minimum Gasteiger partial charge on any atom is -0.464 e. The van der Waals surface area contributed by atoms with Crippen LogP contribution >= 0.6 is 0 Å². The molecule has 0 aromatic carbocycles. The van der Waals surface area contributed by atoms with Gasteiger partial charge in [-0.2, -0.15) is 0 Å². The summed E-state index contributed by atoms with van der Waals surface area (Å²) < 4.78 is 4.95. The van der Waals surface area contributed by atoms with E-state index in [1.807, 2.05) is 0 Å². The Kier molecular flexibility index (Phi) is 4.35. The van der Waals surface area contributed by atoms with Crippen molar-refractivity contribution in [2.24, 2.45) is 11.7 Å². The van der Waals surface area contributed by atoms with Gasteiger partial charge >= 0.3 is 5.97 Å². The molecule has 4 heteroatoms. The Labute approximate surface area is 84.4 Å². The summed E-state index contributed by atoms with van der Waals surface area (Å²) in [5.74, 6) is 0.227. The van der Waals surface area contributed by atoms with Crippen molar-refractivity contribution in [3.05, 3.63) is 0 Å². The van der Waals surface area contributed by atoms with Gasteiger partial charge in [-0.1, -0.05) is 19.3 Å². The van der Waals surface area contributed by atoms with Crippen LogP contribution < -0.4 is 5.73 Å². The number of nitrogens with two attached hydrogens (primary N) is 1. The zero-order chi connectivity index (χ0) is 10.6. The lowest BCUT2D eigenvalue weighted by Gasteiger charge is -2.25. The first kappa shape index (κ1) is 11.5. The minimum absolute atomic E-state index is 0.434. The van der Waals surface area contributed by atoms with Crippen LogP contribution in [0.1, 0.15) is 32.6 Å². The van der Waals surface area contributed by atoms with E-state index in [4.69, 9.17) is 15.6 Å². The SMILES string of the molecule is CC(O)C(N)C(=O)OCCC1CCC1. The molecule has 82 valence electrons. The van der Waals surface area contributed by atoms with Crippen LogP contribution in [0.5, 0.6) is 0 Å². The van der Waals surface area contributed by atoms with E-state index in [0.29, 0.717) is 6.61 Å². The Morgan fingerprint density at radius 1 is 1.64 bits per heavy atom. The molecule has 0 spiro atoms. The summed E-state index contributed by atoms with van der Waals surface area (Å²) in [4.78, 5) is 11.2. The molecule has 1 aliphatic rings. The lowest BCUT2D eigenvalue weighted by molar-refractivity contribution is -0.148. The molecule has 4 nitrogen and oxygen atoms in total. The van der Waals surface area contributed by atoms with Crippen LogP contribution in [0.4, 0.5) is 0 Å². The molecule has 14 heavy (non-hydrogen) atoms. The fourth-order valence-electron chi connectivity index (χ4n) is 1.40. The molecule has 0 aromatic heterocycles. The fourth-order valence-corrected chi connectivity index (χ4v) is 1.40. The average Bonchev–Trinajstić information content (AvgIpc) is 2.07. The summed E-state index contributed by atoms with van der Waals surface area (Å²) >= 11 is 0. The van der Waals surface area contributed by atoms with Gasteiger partial charge in [0.1, 0.15) is 6.04 Å². The van der Waals surface area contributed by atoms with Crippen LogP contribution in [0.2, 0.25) is 0 Å². The fraction of sp³-hybridized carbons (Fsp3) is 0.900. The highest BCUT2D eigenvalue weighted by molar-refractivity contribution is 5.76. The first-order valence-corrected chi connectivity index (χ1v) is 5.21. The topological polar surface area (TPSA) is 72.5 Å². The van der Waals surface area contributed by atoms with Gasteiger partial charge in [0.25, 0.3) is 0 Å². The Bertz CT molecular complexity index is 190. The molecule has 0 aromatic rings. The molecule has 1 saturated carbocycles. The van der Waals surface area contributed by atoms with Crippen LogP contribution in [-0.2, 0) is 9.53 Å². The Balaban J connectivity index is 2.07. The van der Waals surface area contributed by atoms with Crippen molar-refractivity contribution in [3.63, 3.8) is 0 Å². The molecule has 0 radical (unpaired) electrons. The van der Waals surface area contributed by atoms with Crippen molar-refractivity contribution in [1.82, 2.24) is 0 Å². The summed E-state index contributed by atoms with van der Waals surface area (Å²) in [7, 11) is 0. The maximum Gasteiger partial charge on any atom is 0.325 e. The number of carbonyl (C=O) groups excluding carboxylic acids is 1. The van der Waals surface area contributed by atoms with E-state index in [2.05, 4.69) is 0 Å². The lowest BCUT2D eigenvalue weighted by atomic mass is 9.83. The van der Waals surface area contributed by atoms with Crippen molar-refractivity contribution in [1.29, 1.82) is 0 Å². The van der Waals surface area contributed by atoms with Crippen molar-refractivity contribution in [3.8, 4) is 0 Å². The molecule has 2 atom stereocenters. The lowest BCUT2D eigenvalue weighted by Crippen LogP contribution is -2.41.